The maximum absolute atomic E-state index is 11.9. The lowest BCUT2D eigenvalue weighted by atomic mass is 10.1. The summed E-state index contributed by atoms with van der Waals surface area (Å²) >= 11 is 0. The van der Waals surface area contributed by atoms with Crippen LogP contribution in [0.25, 0.3) is 6.08 Å². The Hall–Kier alpha value is -2.21. The van der Waals surface area contributed by atoms with E-state index in [2.05, 4.69) is 0 Å². The number of amides is 1. The zero-order chi connectivity index (χ0) is 13.8. The molecular formula is C13H15N3O3. The van der Waals surface area contributed by atoms with Crippen LogP contribution in [-0.2, 0) is 4.79 Å². The number of hydrogen-bond acceptors (Lipinski definition) is 4. The third kappa shape index (κ3) is 3.17. The number of carbonyl (C=O) groups is 1. The van der Waals surface area contributed by atoms with E-state index in [9.17, 15) is 14.9 Å². The highest BCUT2D eigenvalue weighted by Crippen LogP contribution is 2.19. The fraction of sp³-hybridized carbons (Fsp3) is 0.308. The second-order valence-electron chi connectivity index (χ2n) is 4.48. The number of benzene rings is 1. The number of nitro benzene ring substituents is 1. The van der Waals surface area contributed by atoms with Gasteiger partial charge >= 0.3 is 0 Å². The first-order valence-corrected chi connectivity index (χ1v) is 6.04. The highest BCUT2D eigenvalue weighted by molar-refractivity contribution is 5.92. The number of para-hydroxylation sites is 1. The molecule has 2 N–H and O–H groups in total. The molecule has 6 nitrogen and oxygen atoms in total. The topological polar surface area (TPSA) is 89.5 Å². The summed E-state index contributed by atoms with van der Waals surface area (Å²) in [6.07, 6.45) is 3.63. The van der Waals surface area contributed by atoms with Gasteiger partial charge in [-0.05, 0) is 18.6 Å². The molecule has 100 valence electrons. The summed E-state index contributed by atoms with van der Waals surface area (Å²) in [5.41, 5.74) is 6.14. The van der Waals surface area contributed by atoms with Crippen molar-refractivity contribution in [3.63, 3.8) is 0 Å². The van der Waals surface area contributed by atoms with E-state index in [4.69, 9.17) is 5.73 Å². The lowest BCUT2D eigenvalue weighted by Crippen LogP contribution is -2.30. The van der Waals surface area contributed by atoms with Crippen molar-refractivity contribution in [2.75, 3.05) is 13.1 Å². The van der Waals surface area contributed by atoms with Crippen LogP contribution in [0.1, 0.15) is 12.0 Å². The molecule has 1 heterocycles. The van der Waals surface area contributed by atoms with Crippen molar-refractivity contribution in [2.24, 2.45) is 5.73 Å². The Balaban J connectivity index is 2.10. The van der Waals surface area contributed by atoms with E-state index < -0.39 is 4.92 Å². The van der Waals surface area contributed by atoms with Crippen molar-refractivity contribution >= 4 is 17.7 Å². The molecule has 1 aromatic rings. The molecule has 1 atom stereocenters. The second-order valence-corrected chi connectivity index (χ2v) is 4.48. The van der Waals surface area contributed by atoms with E-state index in [0.717, 1.165) is 6.42 Å². The van der Waals surface area contributed by atoms with Crippen LogP contribution in [0.3, 0.4) is 0 Å². The summed E-state index contributed by atoms with van der Waals surface area (Å²) in [6.45, 7) is 1.18. The standard InChI is InChI=1S/C13H15N3O3/c14-11-7-8-15(9-11)13(17)6-5-10-3-1-2-4-12(10)16(18)19/h1-6,11H,7-9,14H2/b6-5+/t11-/m0/s1. The molecule has 0 saturated carbocycles. The summed E-state index contributed by atoms with van der Waals surface area (Å²) in [7, 11) is 0. The van der Waals surface area contributed by atoms with Crippen molar-refractivity contribution in [1.29, 1.82) is 0 Å². The van der Waals surface area contributed by atoms with Crippen LogP contribution in [-0.4, -0.2) is 34.9 Å². The summed E-state index contributed by atoms with van der Waals surface area (Å²) in [6, 6.07) is 6.34. The van der Waals surface area contributed by atoms with Gasteiger partial charge < -0.3 is 10.6 Å². The van der Waals surface area contributed by atoms with Crippen LogP contribution in [0.5, 0.6) is 0 Å². The van der Waals surface area contributed by atoms with Crippen LogP contribution < -0.4 is 5.73 Å². The van der Waals surface area contributed by atoms with Gasteiger partial charge in [0.25, 0.3) is 5.69 Å². The number of nitrogens with two attached hydrogens (primary N) is 1. The lowest BCUT2D eigenvalue weighted by molar-refractivity contribution is -0.385. The third-order valence-electron chi connectivity index (χ3n) is 3.08. The average molecular weight is 261 g/mol. The molecular weight excluding hydrogens is 246 g/mol. The van der Waals surface area contributed by atoms with Gasteiger partial charge in [0, 0.05) is 31.3 Å². The number of rotatable bonds is 3. The molecule has 0 spiro atoms. The van der Waals surface area contributed by atoms with Crippen molar-refractivity contribution in [2.45, 2.75) is 12.5 Å². The van der Waals surface area contributed by atoms with Gasteiger partial charge in [0.1, 0.15) is 0 Å². The fourth-order valence-corrected chi connectivity index (χ4v) is 2.05. The summed E-state index contributed by atoms with van der Waals surface area (Å²) in [4.78, 5) is 23.9. The zero-order valence-electron chi connectivity index (χ0n) is 10.4. The largest absolute Gasteiger partial charge is 0.338 e. The first-order valence-electron chi connectivity index (χ1n) is 6.04. The lowest BCUT2D eigenvalue weighted by Gasteiger charge is -2.12. The van der Waals surface area contributed by atoms with Crippen molar-refractivity contribution in [1.82, 2.24) is 4.90 Å². The van der Waals surface area contributed by atoms with Crippen LogP contribution in [0.15, 0.2) is 30.3 Å². The predicted molar refractivity (Wildman–Crippen MR) is 71.3 cm³/mol. The Morgan fingerprint density at radius 3 is 2.84 bits per heavy atom. The van der Waals surface area contributed by atoms with Crippen molar-refractivity contribution in [3.05, 3.63) is 46.0 Å². The van der Waals surface area contributed by atoms with Gasteiger partial charge in [-0.15, -0.1) is 0 Å². The Bertz CT molecular complexity index is 528. The van der Waals surface area contributed by atoms with Crippen molar-refractivity contribution in [3.8, 4) is 0 Å². The smallest absolute Gasteiger partial charge is 0.276 e. The van der Waals surface area contributed by atoms with E-state index in [1.165, 1.54) is 18.2 Å². The van der Waals surface area contributed by atoms with E-state index in [-0.39, 0.29) is 17.6 Å². The van der Waals surface area contributed by atoms with E-state index in [0.29, 0.717) is 18.7 Å². The number of nitrogens with zero attached hydrogens (tertiary/aromatic N) is 2. The van der Waals surface area contributed by atoms with Gasteiger partial charge in [-0.25, -0.2) is 0 Å². The molecule has 0 aromatic heterocycles. The van der Waals surface area contributed by atoms with Crippen molar-refractivity contribution < 1.29 is 9.72 Å². The van der Waals surface area contributed by atoms with Gasteiger partial charge in [0.05, 0.1) is 10.5 Å². The molecule has 1 fully saturated rings. The molecule has 1 aliphatic heterocycles. The molecule has 1 aliphatic rings. The van der Waals surface area contributed by atoms with E-state index >= 15 is 0 Å². The maximum Gasteiger partial charge on any atom is 0.276 e. The first-order chi connectivity index (χ1) is 9.08. The van der Waals surface area contributed by atoms with E-state index in [1.54, 1.807) is 23.1 Å². The van der Waals surface area contributed by atoms with Crippen LogP contribution >= 0.6 is 0 Å². The Kier molecular flexibility index (Phi) is 3.91. The number of nitro groups is 1. The highest BCUT2D eigenvalue weighted by atomic mass is 16.6. The SMILES string of the molecule is N[C@H]1CCN(C(=O)/C=C/c2ccccc2[N+](=O)[O-])C1. The Morgan fingerprint density at radius 1 is 1.47 bits per heavy atom. The average Bonchev–Trinajstić information content (AvgIpc) is 2.83. The minimum absolute atomic E-state index is 0.00956. The molecule has 1 saturated heterocycles. The van der Waals surface area contributed by atoms with Gasteiger partial charge in [0.15, 0.2) is 0 Å². The molecule has 6 heteroatoms. The quantitative estimate of drug-likeness (QED) is 0.502. The fourth-order valence-electron chi connectivity index (χ4n) is 2.05. The zero-order valence-corrected chi connectivity index (χ0v) is 10.4. The molecule has 19 heavy (non-hydrogen) atoms. The second kappa shape index (κ2) is 5.62. The van der Waals surface area contributed by atoms with Gasteiger partial charge in [-0.2, -0.15) is 0 Å². The summed E-state index contributed by atoms with van der Waals surface area (Å²) < 4.78 is 0. The molecule has 1 aromatic carbocycles. The Labute approximate surface area is 110 Å². The molecule has 0 unspecified atom stereocenters. The molecule has 0 radical (unpaired) electrons. The minimum Gasteiger partial charge on any atom is -0.338 e. The normalized spacial score (nSPS) is 19.0. The summed E-state index contributed by atoms with van der Waals surface area (Å²) in [5, 5.41) is 10.8. The predicted octanol–water partition coefficient (Wildman–Crippen LogP) is 1.17. The summed E-state index contributed by atoms with van der Waals surface area (Å²) in [5.74, 6) is -0.161. The van der Waals surface area contributed by atoms with Crippen LogP contribution in [0.4, 0.5) is 5.69 Å². The van der Waals surface area contributed by atoms with E-state index in [1.807, 2.05) is 0 Å². The number of carbonyl (C=O) groups excluding carboxylic acids is 1. The molecule has 0 bridgehead atoms. The highest BCUT2D eigenvalue weighted by Gasteiger charge is 2.22. The molecule has 1 amide bonds. The first kappa shape index (κ1) is 13.2. The maximum atomic E-state index is 11.9. The Morgan fingerprint density at radius 2 is 2.21 bits per heavy atom. The van der Waals surface area contributed by atoms with Gasteiger partial charge in [-0.1, -0.05) is 12.1 Å². The monoisotopic (exact) mass is 261 g/mol. The number of likely N-dealkylation sites (tertiary alicyclic amines) is 1. The van der Waals surface area contributed by atoms with Crippen LogP contribution in [0, 0.1) is 10.1 Å². The molecule has 2 rings (SSSR count). The minimum atomic E-state index is -0.462. The third-order valence-corrected chi connectivity index (χ3v) is 3.08. The van der Waals surface area contributed by atoms with Gasteiger partial charge in [-0.3, -0.25) is 14.9 Å². The van der Waals surface area contributed by atoms with Crippen LogP contribution in [0.2, 0.25) is 0 Å². The molecule has 0 aliphatic carbocycles. The number of hydrogen-bond donors (Lipinski definition) is 1. The van der Waals surface area contributed by atoms with Gasteiger partial charge in [0.2, 0.25) is 5.91 Å².